The molecule has 4 aromatic heterocycles. The van der Waals surface area contributed by atoms with Crippen molar-refractivity contribution < 1.29 is 78.0 Å². The average Bonchev–Trinajstić information content (AvgIpc) is 1.66. The molecule has 2 amide bonds. The van der Waals surface area contributed by atoms with Crippen molar-refractivity contribution in [2.45, 2.75) is 204 Å². The number of nitrogens with zero attached hydrogens (tertiary/aromatic N) is 8. The van der Waals surface area contributed by atoms with Crippen molar-refractivity contribution in [2.24, 2.45) is 0 Å². The molecule has 0 spiro atoms. The second-order valence-electron chi connectivity index (χ2n) is 27.5. The van der Waals surface area contributed by atoms with Gasteiger partial charge in [0.15, 0.2) is 11.2 Å². The van der Waals surface area contributed by atoms with Gasteiger partial charge in [0.25, 0.3) is 11.1 Å². The summed E-state index contributed by atoms with van der Waals surface area (Å²) in [4.78, 5) is 107. The van der Waals surface area contributed by atoms with Crippen molar-refractivity contribution in [1.82, 2.24) is 49.8 Å². The highest BCUT2D eigenvalue weighted by Crippen LogP contribution is 2.37. The number of piperidine rings is 2. The maximum atomic E-state index is 14.6. The van der Waals surface area contributed by atoms with Crippen LogP contribution in [0.3, 0.4) is 0 Å². The number of rotatable bonds is 32. The van der Waals surface area contributed by atoms with Crippen molar-refractivity contribution in [2.75, 3.05) is 59.0 Å². The highest BCUT2D eigenvalue weighted by molar-refractivity contribution is 5.86. The monoisotopic (exact) mass is 1440 g/mol. The van der Waals surface area contributed by atoms with Crippen LogP contribution < -0.4 is 26.5 Å². The fourth-order valence-electron chi connectivity index (χ4n) is 14.8. The molecule has 3 aromatic carbocycles. The van der Waals surface area contributed by atoms with E-state index in [0.717, 1.165) is 106 Å². The average molecular weight is 1440 g/mol. The number of halogens is 7. The Hall–Kier alpha value is -8.86. The summed E-state index contributed by atoms with van der Waals surface area (Å²) in [6.45, 7) is 9.78. The number of aryl methyl sites for hydroxylation is 2. The number of ether oxygens (including phenoxy) is 3. The van der Waals surface area contributed by atoms with Crippen LogP contribution in [0.2, 0.25) is 0 Å². The van der Waals surface area contributed by atoms with Crippen LogP contribution in [0.4, 0.5) is 30.7 Å². The number of esters is 3. The molecule has 3 unspecified atom stereocenters. The third kappa shape index (κ3) is 18.7. The zero-order valence-corrected chi connectivity index (χ0v) is 58.0. The molecular formula is C74H87F7N10O12. The number of benzene rings is 3. The van der Waals surface area contributed by atoms with Gasteiger partial charge in [0.2, 0.25) is 46.6 Å². The number of hydrogen-bond acceptors (Lipinski definition) is 18. The smallest absolute Gasteiger partial charge is 0.334 e. The Kier molecular flexibility index (Phi) is 25.6. The fraction of sp³-hybridized carbons (Fsp3) is 0.554. The fourth-order valence-corrected chi connectivity index (χ4v) is 14.8. The van der Waals surface area contributed by atoms with Gasteiger partial charge in [-0.1, -0.05) is 10.3 Å². The van der Waals surface area contributed by atoms with E-state index in [4.69, 9.17) is 28.5 Å². The van der Waals surface area contributed by atoms with Crippen LogP contribution in [0.1, 0.15) is 204 Å². The zero-order chi connectivity index (χ0) is 72.8. The maximum Gasteiger partial charge on any atom is 0.334 e. The molecule has 0 radical (unpaired) electrons. The summed E-state index contributed by atoms with van der Waals surface area (Å²) >= 11 is 0. The molecule has 8 heterocycles. The Balaban J connectivity index is 0.560. The van der Waals surface area contributed by atoms with E-state index in [-0.39, 0.29) is 124 Å². The van der Waals surface area contributed by atoms with Crippen LogP contribution in [-0.2, 0) is 59.4 Å². The Labute approximate surface area is 589 Å². The number of unbranched alkanes of at least 4 members (excludes halogenated alkanes) is 1. The molecule has 4 aliphatic rings. The molecule has 0 bridgehead atoms. The molecule has 103 heavy (non-hydrogen) atoms. The van der Waals surface area contributed by atoms with E-state index in [0.29, 0.717) is 104 Å². The van der Waals surface area contributed by atoms with E-state index in [1.54, 1.807) is 21.3 Å². The summed E-state index contributed by atoms with van der Waals surface area (Å²) in [7, 11) is 0. The van der Waals surface area contributed by atoms with Gasteiger partial charge in [0.1, 0.15) is 29.3 Å². The molecule has 2 N–H and O–H groups in total. The van der Waals surface area contributed by atoms with Gasteiger partial charge in [-0.25, -0.2) is 36.7 Å². The van der Waals surface area contributed by atoms with Gasteiger partial charge in [0, 0.05) is 127 Å². The molecule has 2 saturated heterocycles. The normalized spacial score (nSPS) is 17.1. The van der Waals surface area contributed by atoms with Crippen molar-refractivity contribution in [3.05, 3.63) is 143 Å². The van der Waals surface area contributed by atoms with Gasteiger partial charge >= 0.3 is 17.9 Å². The number of carbonyl (C=O) groups excluding carboxylic acids is 5. The number of aromatic nitrogens is 6. The van der Waals surface area contributed by atoms with Gasteiger partial charge in [-0.05, 0) is 186 Å². The lowest BCUT2D eigenvalue weighted by atomic mass is 9.91. The largest absolute Gasteiger partial charge is 0.466 e. The van der Waals surface area contributed by atoms with Crippen molar-refractivity contribution in [1.29, 1.82) is 0 Å². The SMILES string of the molecule is Cc1nc2n(c(=O)c1CCN1CCC(c3noc4cc(F)ccc34)CC1)CCCC2CCCOC(=O)CCCC(=O)NCCCCC(NC(=O)CCCC(=O)OCCCC1CCCn2c1nc(C)c(CCN1CCC(c3noc4cc(F)ccc34)CC1)c2=O)C(=O)Oc1c(F)c(F)c(F)c(F)c1F. The number of likely N-dealkylation sites (tertiary alicyclic amines) is 2. The van der Waals surface area contributed by atoms with Crippen molar-refractivity contribution in [3.63, 3.8) is 0 Å². The zero-order valence-electron chi connectivity index (χ0n) is 58.0. The van der Waals surface area contributed by atoms with E-state index < -0.39 is 70.6 Å². The van der Waals surface area contributed by atoms with Crippen LogP contribution in [0, 0.1) is 54.6 Å². The summed E-state index contributed by atoms with van der Waals surface area (Å²) in [5.41, 5.74) is 5.28. The molecule has 554 valence electrons. The van der Waals surface area contributed by atoms with E-state index in [1.165, 1.54) is 24.3 Å². The highest BCUT2D eigenvalue weighted by Gasteiger charge is 2.34. The molecule has 11 rings (SSSR count). The van der Waals surface area contributed by atoms with Crippen LogP contribution in [0.5, 0.6) is 5.75 Å². The molecular weight excluding hydrogens is 1350 g/mol. The third-order valence-corrected chi connectivity index (χ3v) is 20.5. The summed E-state index contributed by atoms with van der Waals surface area (Å²) in [6, 6.07) is 7.28. The summed E-state index contributed by atoms with van der Waals surface area (Å²) in [5, 5.41) is 15.2. The minimum Gasteiger partial charge on any atom is -0.466 e. The van der Waals surface area contributed by atoms with Crippen LogP contribution in [0.25, 0.3) is 21.9 Å². The van der Waals surface area contributed by atoms with E-state index in [1.807, 2.05) is 13.8 Å². The number of hydrogen-bond donors (Lipinski definition) is 2. The summed E-state index contributed by atoms with van der Waals surface area (Å²) in [5.74, 6) is -16.6. The molecule has 7 aromatic rings. The van der Waals surface area contributed by atoms with Gasteiger partial charge < -0.3 is 43.7 Å². The summed E-state index contributed by atoms with van der Waals surface area (Å²) < 4.78 is 129. The van der Waals surface area contributed by atoms with Crippen LogP contribution in [-0.4, -0.2) is 134 Å². The number of carbonyl (C=O) groups is 5. The number of nitrogens with one attached hydrogen (secondary N) is 2. The van der Waals surface area contributed by atoms with E-state index >= 15 is 0 Å². The molecule has 22 nitrogen and oxygen atoms in total. The molecule has 0 aliphatic carbocycles. The Morgan fingerprint density at radius 1 is 0.553 bits per heavy atom. The van der Waals surface area contributed by atoms with Crippen LogP contribution in [0.15, 0.2) is 55.0 Å². The Morgan fingerprint density at radius 2 is 1.01 bits per heavy atom. The third-order valence-electron chi connectivity index (χ3n) is 20.5. The van der Waals surface area contributed by atoms with E-state index in [2.05, 4.69) is 35.5 Å². The van der Waals surface area contributed by atoms with Gasteiger partial charge in [-0.2, -0.15) is 8.78 Å². The molecule has 2 fully saturated rings. The first-order chi connectivity index (χ1) is 49.7. The second kappa shape index (κ2) is 35.1. The lowest BCUT2D eigenvalue weighted by Gasteiger charge is -2.31. The molecule has 29 heteroatoms. The predicted molar refractivity (Wildman–Crippen MR) is 361 cm³/mol. The highest BCUT2D eigenvalue weighted by atomic mass is 19.2. The van der Waals surface area contributed by atoms with Gasteiger partial charge in [0.05, 0.1) is 24.6 Å². The summed E-state index contributed by atoms with van der Waals surface area (Å²) in [6.07, 6.45) is 9.53. The number of amides is 2. The number of fused-ring (bicyclic) bond motifs is 4. The first-order valence-corrected chi connectivity index (χ1v) is 36.0. The maximum absolute atomic E-state index is 14.6. The quantitative estimate of drug-likeness (QED) is 0.00991. The van der Waals surface area contributed by atoms with Gasteiger partial charge in [-0.3, -0.25) is 37.9 Å². The van der Waals surface area contributed by atoms with Crippen molar-refractivity contribution >= 4 is 51.7 Å². The lowest BCUT2D eigenvalue weighted by Crippen LogP contribution is -2.43. The standard InChI is InChI=1S/C74H87F7N10O12/c1-43-51(28-37-88-33-24-45(25-34-88)67-53-22-20-49(75)41-56(53)102-86-67)72(96)90-31-7-11-47(70(90)83-43)13-9-39-99-60(94)18-5-16-58(92)82-30-4-3-15-55(74(98)101-69-65(80)63(78)62(77)64(79)66(69)81)85-59(93)17-6-19-61(95)100-40-10-14-48-12-8-32-91-71(48)84-44(2)52(73(91)97)29-38-89-35-26-46(27-36-89)68-54-23-21-50(76)42-57(54)103-87-68/h20-23,41-42,45-48,55H,3-19,24-40H2,1-2H3,(H,82,92)(H,85,93). The van der Waals surface area contributed by atoms with Crippen LogP contribution >= 0.6 is 0 Å². The lowest BCUT2D eigenvalue weighted by molar-refractivity contribution is -0.145. The molecule has 3 atom stereocenters. The first kappa shape index (κ1) is 75.3. The van der Waals surface area contributed by atoms with Crippen molar-refractivity contribution in [3.8, 4) is 5.75 Å². The van der Waals surface area contributed by atoms with E-state index in [9.17, 15) is 64.3 Å². The predicted octanol–water partition coefficient (Wildman–Crippen LogP) is 11.3. The Bertz CT molecular complexity index is 4310. The second-order valence-corrected chi connectivity index (χ2v) is 27.5. The molecule has 0 saturated carbocycles. The van der Waals surface area contributed by atoms with Gasteiger partial charge in [-0.15, -0.1) is 0 Å². The minimum atomic E-state index is -2.47. The topological polar surface area (TPSA) is 265 Å². The molecule has 4 aliphatic heterocycles. The Morgan fingerprint density at radius 3 is 1.49 bits per heavy atom. The minimum absolute atomic E-state index is 0.0117. The first-order valence-electron chi connectivity index (χ1n) is 36.0.